The molecular formula is C13H17N3O5S. The molecule has 0 radical (unpaired) electrons. The minimum absolute atomic E-state index is 0.0830. The summed E-state index contributed by atoms with van der Waals surface area (Å²) < 4.78 is 28.6. The van der Waals surface area contributed by atoms with Crippen LogP contribution in [0.25, 0.3) is 0 Å². The van der Waals surface area contributed by atoms with Crippen LogP contribution in [0.5, 0.6) is 0 Å². The van der Waals surface area contributed by atoms with Gasteiger partial charge in [0.2, 0.25) is 0 Å². The third-order valence-corrected chi connectivity index (χ3v) is 3.72. The van der Waals surface area contributed by atoms with Crippen LogP contribution >= 0.6 is 0 Å². The fourth-order valence-corrected chi connectivity index (χ4v) is 2.68. The lowest BCUT2D eigenvalue weighted by Gasteiger charge is -2.22. The number of carbonyl (C=O) groups excluding carboxylic acids is 2. The monoisotopic (exact) mass is 327 g/mol. The quantitative estimate of drug-likeness (QED) is 0.813. The number of hydrogen-bond donors (Lipinski definition) is 2. The van der Waals surface area contributed by atoms with E-state index in [4.69, 9.17) is 9.88 Å². The van der Waals surface area contributed by atoms with Crippen molar-refractivity contribution in [1.29, 1.82) is 0 Å². The standard InChI is InChI=1S/C13H17N3O5S/c14-22(19,20)15-12(17)11-7-4-8-16(11)13(18)21-9-10-5-2-1-3-6-10/h1-3,5-6,11H,4,7-9H2,(H,15,17)(H2,14,19,20)/t11-/m0/s1. The predicted octanol–water partition coefficient (Wildman–Crippen LogP) is 0.107. The fourth-order valence-electron chi connectivity index (χ4n) is 2.27. The highest BCUT2D eigenvalue weighted by molar-refractivity contribution is 7.87. The van der Waals surface area contributed by atoms with Gasteiger partial charge in [0.15, 0.2) is 0 Å². The molecule has 1 aromatic carbocycles. The number of nitrogens with zero attached hydrogens (tertiary/aromatic N) is 1. The predicted molar refractivity (Wildman–Crippen MR) is 77.6 cm³/mol. The van der Waals surface area contributed by atoms with E-state index >= 15 is 0 Å². The van der Waals surface area contributed by atoms with E-state index in [0.717, 1.165) is 5.56 Å². The van der Waals surface area contributed by atoms with E-state index in [1.807, 2.05) is 30.3 Å². The Bertz CT molecular complexity index is 647. The topological polar surface area (TPSA) is 119 Å². The Morgan fingerprint density at radius 3 is 2.64 bits per heavy atom. The van der Waals surface area contributed by atoms with Crippen LogP contribution in [0.4, 0.5) is 4.79 Å². The van der Waals surface area contributed by atoms with Crippen LogP contribution in [0.1, 0.15) is 18.4 Å². The van der Waals surface area contributed by atoms with Gasteiger partial charge in [0, 0.05) is 6.54 Å². The molecule has 22 heavy (non-hydrogen) atoms. The van der Waals surface area contributed by atoms with Gasteiger partial charge in [0.1, 0.15) is 12.6 Å². The third-order valence-electron chi connectivity index (χ3n) is 3.24. The zero-order chi connectivity index (χ0) is 16.2. The number of amides is 2. The van der Waals surface area contributed by atoms with Gasteiger partial charge in [-0.25, -0.2) is 14.7 Å². The molecule has 2 rings (SSSR count). The van der Waals surface area contributed by atoms with Crippen LogP contribution in [0.3, 0.4) is 0 Å². The highest BCUT2D eigenvalue weighted by atomic mass is 32.2. The van der Waals surface area contributed by atoms with Gasteiger partial charge in [0.05, 0.1) is 0 Å². The summed E-state index contributed by atoms with van der Waals surface area (Å²) in [4.78, 5) is 25.1. The zero-order valence-electron chi connectivity index (χ0n) is 11.8. The van der Waals surface area contributed by atoms with Crippen LogP contribution in [0, 0.1) is 0 Å². The number of nitrogens with one attached hydrogen (secondary N) is 1. The molecule has 9 heteroatoms. The molecule has 3 N–H and O–H groups in total. The molecule has 0 saturated carbocycles. The highest BCUT2D eigenvalue weighted by Gasteiger charge is 2.36. The molecule has 1 saturated heterocycles. The largest absolute Gasteiger partial charge is 0.445 e. The van der Waals surface area contributed by atoms with Crippen molar-refractivity contribution in [3.05, 3.63) is 35.9 Å². The SMILES string of the molecule is NS(=O)(=O)NC(=O)[C@@H]1CCCN1C(=O)OCc1ccccc1. The lowest BCUT2D eigenvalue weighted by atomic mass is 10.2. The van der Waals surface area contributed by atoms with Crippen molar-refractivity contribution in [2.24, 2.45) is 5.14 Å². The summed E-state index contributed by atoms with van der Waals surface area (Å²) in [7, 11) is -4.14. The van der Waals surface area contributed by atoms with Crippen LogP contribution in [0.15, 0.2) is 30.3 Å². The molecule has 0 bridgehead atoms. The summed E-state index contributed by atoms with van der Waals surface area (Å²) in [5, 5.41) is 4.77. The third kappa shape index (κ3) is 4.43. The maximum Gasteiger partial charge on any atom is 0.410 e. The number of benzene rings is 1. The Labute approximate surface area is 128 Å². The lowest BCUT2D eigenvalue weighted by molar-refractivity contribution is -0.123. The maximum atomic E-state index is 12.0. The summed E-state index contributed by atoms with van der Waals surface area (Å²) in [6.45, 7) is 0.413. The van der Waals surface area contributed by atoms with Crippen LogP contribution in [-0.2, 0) is 26.3 Å². The average molecular weight is 327 g/mol. The minimum atomic E-state index is -4.14. The molecule has 1 fully saturated rings. The molecule has 1 aliphatic rings. The van der Waals surface area contributed by atoms with Crippen molar-refractivity contribution < 1.29 is 22.7 Å². The van der Waals surface area contributed by atoms with E-state index in [9.17, 15) is 18.0 Å². The summed E-state index contributed by atoms with van der Waals surface area (Å²) in [5.74, 6) is -0.823. The summed E-state index contributed by atoms with van der Waals surface area (Å²) in [6.07, 6.45) is 0.293. The van der Waals surface area contributed by atoms with E-state index in [2.05, 4.69) is 0 Å². The minimum Gasteiger partial charge on any atom is -0.445 e. The maximum absolute atomic E-state index is 12.0. The summed E-state index contributed by atoms with van der Waals surface area (Å²) in [5.41, 5.74) is 0.820. The van der Waals surface area contributed by atoms with E-state index in [0.29, 0.717) is 19.4 Å². The number of likely N-dealkylation sites (tertiary alicyclic amines) is 1. The fraction of sp³-hybridized carbons (Fsp3) is 0.385. The Kier molecular flexibility index (Phi) is 4.99. The molecule has 120 valence electrons. The molecule has 1 aliphatic heterocycles. The lowest BCUT2D eigenvalue weighted by Crippen LogP contribution is -2.49. The molecule has 0 spiro atoms. The number of nitrogens with two attached hydrogens (primary N) is 1. The van der Waals surface area contributed by atoms with Gasteiger partial charge in [-0.15, -0.1) is 0 Å². The summed E-state index contributed by atoms with van der Waals surface area (Å²) >= 11 is 0. The van der Waals surface area contributed by atoms with Crippen molar-refractivity contribution in [3.8, 4) is 0 Å². The van der Waals surface area contributed by atoms with Crippen LogP contribution in [-0.4, -0.2) is 37.9 Å². The van der Waals surface area contributed by atoms with E-state index in [1.165, 1.54) is 4.90 Å². The van der Waals surface area contributed by atoms with Crippen molar-refractivity contribution in [2.75, 3.05) is 6.54 Å². The molecule has 1 heterocycles. The van der Waals surface area contributed by atoms with Gasteiger partial charge in [0.25, 0.3) is 16.1 Å². The average Bonchev–Trinajstić information content (AvgIpc) is 2.93. The van der Waals surface area contributed by atoms with Gasteiger partial charge in [-0.05, 0) is 18.4 Å². The van der Waals surface area contributed by atoms with Crippen LogP contribution < -0.4 is 9.86 Å². The van der Waals surface area contributed by atoms with Gasteiger partial charge in [-0.2, -0.15) is 8.42 Å². The molecule has 0 aliphatic carbocycles. The normalized spacial score (nSPS) is 18.0. The van der Waals surface area contributed by atoms with Crippen molar-refractivity contribution in [3.63, 3.8) is 0 Å². The zero-order valence-corrected chi connectivity index (χ0v) is 12.6. The molecule has 2 amide bonds. The highest BCUT2D eigenvalue weighted by Crippen LogP contribution is 2.19. The second kappa shape index (κ2) is 6.75. The van der Waals surface area contributed by atoms with Gasteiger partial charge in [-0.1, -0.05) is 30.3 Å². The van der Waals surface area contributed by atoms with E-state index in [1.54, 1.807) is 4.72 Å². The van der Waals surface area contributed by atoms with Gasteiger partial charge in [-0.3, -0.25) is 9.69 Å². The Morgan fingerprint density at radius 2 is 2.00 bits per heavy atom. The number of rotatable bonds is 4. The van der Waals surface area contributed by atoms with Gasteiger partial charge < -0.3 is 4.74 Å². The van der Waals surface area contributed by atoms with Gasteiger partial charge >= 0.3 is 6.09 Å². The van der Waals surface area contributed by atoms with E-state index in [-0.39, 0.29) is 6.61 Å². The molecule has 1 atom stereocenters. The first-order valence-electron chi connectivity index (χ1n) is 6.68. The second-order valence-corrected chi connectivity index (χ2v) is 6.20. The van der Waals surface area contributed by atoms with Crippen molar-refractivity contribution >= 4 is 22.2 Å². The van der Waals surface area contributed by atoms with Crippen molar-refractivity contribution in [1.82, 2.24) is 9.62 Å². The number of ether oxygens (including phenoxy) is 1. The smallest absolute Gasteiger partial charge is 0.410 e. The summed E-state index contributed by atoms with van der Waals surface area (Å²) in [6, 6.07) is 8.22. The first kappa shape index (κ1) is 16.2. The first-order valence-corrected chi connectivity index (χ1v) is 8.23. The molecule has 1 aromatic rings. The van der Waals surface area contributed by atoms with Crippen LogP contribution in [0.2, 0.25) is 0 Å². The van der Waals surface area contributed by atoms with Crippen molar-refractivity contribution in [2.45, 2.75) is 25.5 Å². The number of hydrogen-bond acceptors (Lipinski definition) is 5. The Morgan fingerprint density at radius 1 is 1.32 bits per heavy atom. The number of carbonyl (C=O) groups is 2. The Hall–Kier alpha value is -2.13. The Balaban J connectivity index is 1.95. The second-order valence-electron chi connectivity index (χ2n) is 4.90. The molecule has 0 unspecified atom stereocenters. The van der Waals surface area contributed by atoms with E-state index < -0.39 is 28.3 Å². The molecule has 0 aromatic heterocycles. The first-order chi connectivity index (χ1) is 10.4. The molecule has 8 nitrogen and oxygen atoms in total. The molecular weight excluding hydrogens is 310 g/mol.